The summed E-state index contributed by atoms with van der Waals surface area (Å²) in [5, 5.41) is 15.6. The molecule has 2 amide bonds. The number of nitro benzene ring substituents is 1. The van der Waals surface area contributed by atoms with E-state index in [1.807, 2.05) is 19.1 Å². The number of aryl methyl sites for hydroxylation is 2. The molecule has 0 unspecified atom stereocenters. The maximum absolute atomic E-state index is 12.0. The molecule has 0 saturated carbocycles. The molecule has 0 fully saturated rings. The van der Waals surface area contributed by atoms with Crippen molar-refractivity contribution in [3.05, 3.63) is 62.7 Å². The fraction of sp³-hybridized carbons (Fsp3) is 0.125. The normalized spacial score (nSPS) is 10.1. The third-order valence-electron chi connectivity index (χ3n) is 3.26. The lowest BCUT2D eigenvalue weighted by molar-refractivity contribution is -0.384. The van der Waals surface area contributed by atoms with Crippen LogP contribution in [0.1, 0.15) is 11.1 Å². The van der Waals surface area contributed by atoms with Gasteiger partial charge in [0.1, 0.15) is 0 Å². The van der Waals surface area contributed by atoms with Gasteiger partial charge in [-0.1, -0.05) is 23.7 Å². The summed E-state index contributed by atoms with van der Waals surface area (Å²) < 4.78 is 0. The fourth-order valence-electron chi connectivity index (χ4n) is 1.95. The van der Waals surface area contributed by atoms with Crippen molar-refractivity contribution in [1.29, 1.82) is 0 Å². The lowest BCUT2D eigenvalue weighted by atomic mass is 10.1. The molecule has 2 aromatic carbocycles. The van der Waals surface area contributed by atoms with Crippen LogP contribution in [0.4, 0.5) is 17.1 Å². The largest absolute Gasteiger partial charge is 0.318 e. The predicted octanol–water partition coefficient (Wildman–Crippen LogP) is 3.44. The molecule has 8 heteroatoms. The molecule has 2 aromatic rings. The molecule has 0 saturated heterocycles. The predicted molar refractivity (Wildman–Crippen MR) is 91.3 cm³/mol. The molecule has 0 spiro atoms. The Hall–Kier alpha value is -2.93. The first kappa shape index (κ1) is 17.4. The number of amides is 2. The number of hydrogen-bond acceptors (Lipinski definition) is 4. The highest BCUT2D eigenvalue weighted by molar-refractivity contribution is 6.44. The van der Waals surface area contributed by atoms with Crippen LogP contribution >= 0.6 is 11.6 Å². The summed E-state index contributed by atoms with van der Waals surface area (Å²) in [7, 11) is 0. The summed E-state index contributed by atoms with van der Waals surface area (Å²) >= 11 is 5.89. The molecule has 0 aliphatic carbocycles. The first-order valence-electron chi connectivity index (χ1n) is 6.91. The highest BCUT2D eigenvalue weighted by Gasteiger charge is 2.18. The van der Waals surface area contributed by atoms with Crippen LogP contribution < -0.4 is 10.6 Å². The van der Waals surface area contributed by atoms with Crippen LogP contribution in [0.25, 0.3) is 0 Å². The van der Waals surface area contributed by atoms with E-state index in [9.17, 15) is 19.7 Å². The highest BCUT2D eigenvalue weighted by atomic mass is 35.5. The fourth-order valence-corrected chi connectivity index (χ4v) is 2.12. The van der Waals surface area contributed by atoms with Crippen LogP contribution in [0.2, 0.25) is 5.02 Å². The summed E-state index contributed by atoms with van der Waals surface area (Å²) in [6.45, 7) is 3.66. The third kappa shape index (κ3) is 4.08. The first-order valence-corrected chi connectivity index (χ1v) is 7.29. The highest BCUT2D eigenvalue weighted by Crippen LogP contribution is 2.26. The van der Waals surface area contributed by atoms with Gasteiger partial charge < -0.3 is 10.6 Å². The molecular formula is C16H14ClN3O4. The second-order valence-electron chi connectivity index (χ2n) is 5.15. The quantitative estimate of drug-likeness (QED) is 0.504. The summed E-state index contributed by atoms with van der Waals surface area (Å²) in [4.78, 5) is 34.1. The molecule has 2 rings (SSSR count). The number of carbonyl (C=O) groups excluding carboxylic acids is 2. The first-order chi connectivity index (χ1) is 11.3. The van der Waals surface area contributed by atoms with Crippen molar-refractivity contribution in [3.63, 3.8) is 0 Å². The van der Waals surface area contributed by atoms with Gasteiger partial charge in [-0.25, -0.2) is 0 Å². The van der Waals surface area contributed by atoms with E-state index in [-0.39, 0.29) is 16.4 Å². The molecule has 0 bridgehead atoms. The van der Waals surface area contributed by atoms with E-state index in [2.05, 4.69) is 10.6 Å². The van der Waals surface area contributed by atoms with Crippen LogP contribution in [0.15, 0.2) is 36.4 Å². The van der Waals surface area contributed by atoms with Gasteiger partial charge in [-0.2, -0.15) is 0 Å². The minimum absolute atomic E-state index is 0.00743. The van der Waals surface area contributed by atoms with Crippen molar-refractivity contribution >= 4 is 40.5 Å². The van der Waals surface area contributed by atoms with Crippen LogP contribution in [-0.4, -0.2) is 16.7 Å². The number of rotatable bonds is 3. The zero-order chi connectivity index (χ0) is 17.9. The van der Waals surface area contributed by atoms with Gasteiger partial charge in [-0.05, 0) is 37.1 Å². The smallest absolute Gasteiger partial charge is 0.314 e. The number of carbonyl (C=O) groups is 2. The Labute approximate surface area is 142 Å². The number of anilines is 2. The Balaban J connectivity index is 2.15. The Kier molecular flexibility index (Phi) is 5.15. The second kappa shape index (κ2) is 7.10. The third-order valence-corrected chi connectivity index (χ3v) is 3.59. The maximum atomic E-state index is 12.0. The second-order valence-corrected chi connectivity index (χ2v) is 5.56. The minimum atomic E-state index is -0.974. The Morgan fingerprint density at radius 3 is 2.25 bits per heavy atom. The number of hydrogen-bond donors (Lipinski definition) is 2. The van der Waals surface area contributed by atoms with E-state index in [1.165, 1.54) is 12.1 Å². The molecule has 0 heterocycles. The summed E-state index contributed by atoms with van der Waals surface area (Å²) in [5.41, 5.74) is 1.99. The zero-order valence-corrected chi connectivity index (χ0v) is 13.7. The van der Waals surface area contributed by atoms with Gasteiger partial charge >= 0.3 is 11.8 Å². The number of halogens is 1. The van der Waals surface area contributed by atoms with Crippen molar-refractivity contribution in [1.82, 2.24) is 0 Å². The molecule has 0 atom stereocenters. The van der Waals surface area contributed by atoms with Gasteiger partial charge in [0.2, 0.25) is 0 Å². The SMILES string of the molecule is Cc1ccc(C)c(NC(=O)C(=O)Nc2cc([N+](=O)[O-])ccc2Cl)c1. The number of benzene rings is 2. The molecule has 7 nitrogen and oxygen atoms in total. The number of nitro groups is 1. The van der Waals surface area contributed by atoms with E-state index in [4.69, 9.17) is 11.6 Å². The van der Waals surface area contributed by atoms with E-state index in [1.54, 1.807) is 13.0 Å². The van der Waals surface area contributed by atoms with Gasteiger partial charge in [0, 0.05) is 17.8 Å². The van der Waals surface area contributed by atoms with Gasteiger partial charge in [0.25, 0.3) is 5.69 Å². The molecular weight excluding hydrogens is 334 g/mol. The minimum Gasteiger partial charge on any atom is -0.318 e. The van der Waals surface area contributed by atoms with E-state index >= 15 is 0 Å². The maximum Gasteiger partial charge on any atom is 0.314 e. The zero-order valence-electron chi connectivity index (χ0n) is 12.9. The van der Waals surface area contributed by atoms with Crippen molar-refractivity contribution < 1.29 is 14.5 Å². The van der Waals surface area contributed by atoms with Crippen molar-refractivity contribution in [2.24, 2.45) is 0 Å². The van der Waals surface area contributed by atoms with Crippen LogP contribution in [0, 0.1) is 24.0 Å². The van der Waals surface area contributed by atoms with Gasteiger partial charge in [-0.15, -0.1) is 0 Å². The number of nitrogens with zero attached hydrogens (tertiary/aromatic N) is 1. The van der Waals surface area contributed by atoms with Crippen LogP contribution in [-0.2, 0) is 9.59 Å². The van der Waals surface area contributed by atoms with Crippen molar-refractivity contribution in [2.45, 2.75) is 13.8 Å². The summed E-state index contributed by atoms with van der Waals surface area (Å²) in [5.74, 6) is -1.87. The van der Waals surface area contributed by atoms with Gasteiger partial charge in [-0.3, -0.25) is 19.7 Å². The molecule has 2 N–H and O–H groups in total. The van der Waals surface area contributed by atoms with Crippen molar-refractivity contribution in [3.8, 4) is 0 Å². The lowest BCUT2D eigenvalue weighted by Gasteiger charge is -2.10. The van der Waals surface area contributed by atoms with Crippen LogP contribution in [0.5, 0.6) is 0 Å². The molecule has 24 heavy (non-hydrogen) atoms. The van der Waals surface area contributed by atoms with E-state index < -0.39 is 16.7 Å². The number of non-ortho nitro benzene ring substituents is 1. The van der Waals surface area contributed by atoms with E-state index in [0.717, 1.165) is 17.2 Å². The van der Waals surface area contributed by atoms with Crippen molar-refractivity contribution in [2.75, 3.05) is 10.6 Å². The lowest BCUT2D eigenvalue weighted by Crippen LogP contribution is -2.29. The van der Waals surface area contributed by atoms with Crippen LogP contribution in [0.3, 0.4) is 0 Å². The Morgan fingerprint density at radius 2 is 1.62 bits per heavy atom. The average Bonchev–Trinajstić information content (AvgIpc) is 2.52. The molecule has 0 radical (unpaired) electrons. The Bertz CT molecular complexity index is 836. The van der Waals surface area contributed by atoms with Gasteiger partial charge in [0.15, 0.2) is 0 Å². The van der Waals surface area contributed by atoms with E-state index in [0.29, 0.717) is 5.69 Å². The molecule has 0 aliphatic rings. The topological polar surface area (TPSA) is 101 Å². The Morgan fingerprint density at radius 1 is 1.00 bits per heavy atom. The average molecular weight is 348 g/mol. The summed E-state index contributed by atoms with van der Waals surface area (Å²) in [6, 6.07) is 9.01. The molecule has 0 aliphatic heterocycles. The number of nitrogens with one attached hydrogen (secondary N) is 2. The molecule has 124 valence electrons. The van der Waals surface area contributed by atoms with Gasteiger partial charge in [0.05, 0.1) is 15.6 Å². The monoisotopic (exact) mass is 347 g/mol. The standard InChI is InChI=1S/C16H14ClN3O4/c1-9-3-4-10(2)13(7-9)18-15(21)16(22)19-14-8-11(20(23)24)5-6-12(14)17/h3-8H,1-2H3,(H,18,21)(H,19,22). The summed E-state index contributed by atoms with van der Waals surface area (Å²) in [6.07, 6.45) is 0. The molecule has 0 aromatic heterocycles.